The molecule has 0 radical (unpaired) electrons. The van der Waals surface area contributed by atoms with Crippen molar-refractivity contribution >= 4 is 11.7 Å². The van der Waals surface area contributed by atoms with Crippen LogP contribution in [0.15, 0.2) is 17.5 Å². The lowest BCUT2D eigenvalue weighted by Crippen LogP contribution is -2.20. The molecule has 7 heteroatoms. The Kier molecular flexibility index (Phi) is 2.38. The maximum absolute atomic E-state index is 8.33. The molecule has 0 amide bonds. The first-order valence-corrected chi connectivity index (χ1v) is 3.05. The van der Waals surface area contributed by atoms with E-state index in [9.17, 15) is 0 Å². The van der Waals surface area contributed by atoms with Crippen molar-refractivity contribution < 1.29 is 5.21 Å². The Morgan fingerprint density at radius 2 is 2.17 bits per heavy atom. The Hall–Kier alpha value is -1.89. The number of amidine groups is 1. The monoisotopic (exact) mass is 168 g/mol. The smallest absolute Gasteiger partial charge is 0.192 e. The second-order valence-corrected chi connectivity index (χ2v) is 1.88. The van der Waals surface area contributed by atoms with Crippen LogP contribution in [0.2, 0.25) is 0 Å². The molecule has 0 atom stereocenters. The first-order chi connectivity index (χ1) is 5.79. The van der Waals surface area contributed by atoms with Crippen LogP contribution in [0.4, 0.5) is 5.82 Å². The summed E-state index contributed by atoms with van der Waals surface area (Å²) in [6, 6.07) is 0. The van der Waals surface area contributed by atoms with Crippen molar-refractivity contribution in [2.24, 2.45) is 16.7 Å². The summed E-state index contributed by atoms with van der Waals surface area (Å²) >= 11 is 0. The Labute approximate surface area is 68.1 Å². The molecule has 64 valence electrons. The second-order valence-electron chi connectivity index (χ2n) is 1.88. The van der Waals surface area contributed by atoms with Gasteiger partial charge in [0.15, 0.2) is 17.3 Å². The molecule has 0 aliphatic carbocycles. The van der Waals surface area contributed by atoms with Gasteiger partial charge in [0, 0.05) is 12.4 Å². The van der Waals surface area contributed by atoms with Crippen LogP contribution < -0.4 is 17.0 Å². The van der Waals surface area contributed by atoms with Crippen LogP contribution in [0.25, 0.3) is 0 Å². The summed E-state index contributed by atoms with van der Waals surface area (Å²) in [5, 5.41) is 11.1. The number of nitrogen functional groups attached to an aromatic ring is 1. The molecule has 0 bridgehead atoms. The fourth-order valence-electron chi connectivity index (χ4n) is 0.678. The largest absolute Gasteiger partial charge is 0.409 e. The van der Waals surface area contributed by atoms with Gasteiger partial charge in [-0.3, -0.25) is 0 Å². The second kappa shape index (κ2) is 3.49. The van der Waals surface area contributed by atoms with Gasteiger partial charge in [-0.1, -0.05) is 5.16 Å². The van der Waals surface area contributed by atoms with E-state index in [1.807, 2.05) is 0 Å². The fraction of sp³-hybridized carbons (Fsp3) is 0. The molecule has 1 rings (SSSR count). The minimum atomic E-state index is -0.143. The number of hydrogen-bond acceptors (Lipinski definition) is 6. The molecule has 1 heterocycles. The van der Waals surface area contributed by atoms with Gasteiger partial charge in [0.25, 0.3) is 0 Å². The van der Waals surface area contributed by atoms with Crippen molar-refractivity contribution in [1.29, 1.82) is 0 Å². The van der Waals surface area contributed by atoms with Gasteiger partial charge >= 0.3 is 0 Å². The van der Waals surface area contributed by atoms with E-state index in [1.165, 1.54) is 12.4 Å². The number of oxime groups is 1. The minimum absolute atomic E-state index is 0.143. The van der Waals surface area contributed by atoms with Crippen molar-refractivity contribution in [3.8, 4) is 0 Å². The van der Waals surface area contributed by atoms with Gasteiger partial charge in [-0.25, -0.2) is 15.8 Å². The Bertz CT molecular complexity index is 298. The van der Waals surface area contributed by atoms with Crippen LogP contribution in [-0.2, 0) is 0 Å². The van der Waals surface area contributed by atoms with Gasteiger partial charge in [0.2, 0.25) is 0 Å². The Morgan fingerprint density at radius 1 is 1.50 bits per heavy atom. The maximum Gasteiger partial charge on any atom is 0.192 e. The van der Waals surface area contributed by atoms with E-state index < -0.39 is 0 Å². The number of anilines is 1. The molecule has 7 nitrogen and oxygen atoms in total. The number of hydrazine groups is 1. The number of nitrogens with two attached hydrogens (primary N) is 2. The van der Waals surface area contributed by atoms with E-state index >= 15 is 0 Å². The molecule has 6 N–H and O–H groups in total. The highest BCUT2D eigenvalue weighted by atomic mass is 16.4. The molecule has 0 fully saturated rings. The minimum Gasteiger partial charge on any atom is -0.409 e. The molecule has 12 heavy (non-hydrogen) atoms. The number of hydrogen-bond donors (Lipinski definition) is 4. The van der Waals surface area contributed by atoms with Crippen molar-refractivity contribution in [3.05, 3.63) is 18.1 Å². The summed E-state index contributed by atoms with van der Waals surface area (Å²) in [4.78, 5) is 7.60. The fourth-order valence-corrected chi connectivity index (χ4v) is 0.678. The van der Waals surface area contributed by atoms with Crippen LogP contribution >= 0.6 is 0 Å². The van der Waals surface area contributed by atoms with Gasteiger partial charge in [-0.15, -0.1) is 0 Å². The van der Waals surface area contributed by atoms with E-state index in [0.717, 1.165) is 0 Å². The highest BCUT2D eigenvalue weighted by Crippen LogP contribution is 2.04. The van der Waals surface area contributed by atoms with E-state index in [1.54, 1.807) is 0 Å². The van der Waals surface area contributed by atoms with Crippen LogP contribution in [0, 0.1) is 0 Å². The summed E-state index contributed by atoms with van der Waals surface area (Å²) in [6.07, 6.45) is 2.84. The third-order valence-electron chi connectivity index (χ3n) is 1.19. The lowest BCUT2D eigenvalue weighted by atomic mass is 10.4. The molecule has 0 spiro atoms. The highest BCUT2D eigenvalue weighted by molar-refractivity contribution is 5.99. The molecule has 0 aliphatic heterocycles. The molecular weight excluding hydrogens is 160 g/mol. The lowest BCUT2D eigenvalue weighted by Gasteiger charge is -2.02. The third-order valence-corrected chi connectivity index (χ3v) is 1.19. The SMILES string of the molecule is NNc1nccnc1/C(N)=N/O. The molecule has 0 aromatic carbocycles. The van der Waals surface area contributed by atoms with Crippen LogP contribution in [0.5, 0.6) is 0 Å². The van der Waals surface area contributed by atoms with Crippen LogP contribution in [0.1, 0.15) is 5.69 Å². The molecule has 0 saturated carbocycles. The average Bonchev–Trinajstić information content (AvgIpc) is 2.16. The zero-order chi connectivity index (χ0) is 8.97. The average molecular weight is 168 g/mol. The highest BCUT2D eigenvalue weighted by Gasteiger charge is 2.07. The van der Waals surface area contributed by atoms with Gasteiger partial charge in [-0.05, 0) is 0 Å². The van der Waals surface area contributed by atoms with E-state index in [2.05, 4.69) is 20.5 Å². The number of nitrogens with one attached hydrogen (secondary N) is 1. The third kappa shape index (κ3) is 1.40. The van der Waals surface area contributed by atoms with E-state index in [0.29, 0.717) is 0 Å². The molecule has 0 unspecified atom stereocenters. The zero-order valence-electron chi connectivity index (χ0n) is 6.10. The number of nitrogens with zero attached hydrogens (tertiary/aromatic N) is 3. The van der Waals surface area contributed by atoms with Gasteiger partial charge in [0.1, 0.15) is 0 Å². The summed E-state index contributed by atoms with van der Waals surface area (Å²) in [5.74, 6) is 5.21. The molecule has 1 aromatic rings. The topological polar surface area (TPSA) is 122 Å². The number of rotatable bonds is 2. The van der Waals surface area contributed by atoms with E-state index in [4.69, 9.17) is 16.8 Å². The summed E-state index contributed by atoms with van der Waals surface area (Å²) < 4.78 is 0. The molecule has 1 aromatic heterocycles. The van der Waals surface area contributed by atoms with Crippen molar-refractivity contribution in [2.45, 2.75) is 0 Å². The first-order valence-electron chi connectivity index (χ1n) is 3.05. The van der Waals surface area contributed by atoms with Crippen molar-refractivity contribution in [3.63, 3.8) is 0 Å². The standard InChI is InChI=1S/C5H8N6O/c6-4(11-12)3-5(10-7)9-2-1-8-3/h1-2,12H,7H2,(H2,6,11)(H,9,10). The Balaban J connectivity index is 3.13. The lowest BCUT2D eigenvalue weighted by molar-refractivity contribution is 0.318. The van der Waals surface area contributed by atoms with Crippen LogP contribution in [0.3, 0.4) is 0 Å². The molecule has 0 aliphatic rings. The maximum atomic E-state index is 8.33. The summed E-state index contributed by atoms with van der Waals surface area (Å²) in [5.41, 5.74) is 7.75. The molecular formula is C5H8N6O. The number of aromatic nitrogens is 2. The normalized spacial score (nSPS) is 11.2. The van der Waals surface area contributed by atoms with Crippen molar-refractivity contribution in [2.75, 3.05) is 5.43 Å². The first kappa shape index (κ1) is 8.21. The predicted molar refractivity (Wildman–Crippen MR) is 42.4 cm³/mol. The van der Waals surface area contributed by atoms with Crippen LogP contribution in [-0.4, -0.2) is 21.0 Å². The summed E-state index contributed by atoms with van der Waals surface area (Å²) in [7, 11) is 0. The summed E-state index contributed by atoms with van der Waals surface area (Å²) in [6.45, 7) is 0. The van der Waals surface area contributed by atoms with Crippen molar-refractivity contribution in [1.82, 2.24) is 9.97 Å². The predicted octanol–water partition coefficient (Wildman–Crippen LogP) is -1.14. The van der Waals surface area contributed by atoms with E-state index in [-0.39, 0.29) is 17.3 Å². The Morgan fingerprint density at radius 3 is 2.75 bits per heavy atom. The van der Waals surface area contributed by atoms with Gasteiger partial charge < -0.3 is 16.4 Å². The zero-order valence-corrected chi connectivity index (χ0v) is 6.10. The van der Waals surface area contributed by atoms with Gasteiger partial charge in [0.05, 0.1) is 0 Å². The quantitative estimate of drug-likeness (QED) is 0.145. The van der Waals surface area contributed by atoms with Gasteiger partial charge in [-0.2, -0.15) is 0 Å². The molecule has 0 saturated heterocycles.